The standard InChI is InChI=1S/C22H26N4O3/c1-24-21(27)13-20(23-22(24)28)25-10-7-16(8-11-25)29-19-4-2-3-18-17(19)9-12-26(18)14-15-5-6-15/h2-4,9,12-13,15-16H,5-8,10-11,14H2,1H3,(H,23,28). The Kier molecular flexibility index (Phi) is 4.45. The van der Waals surface area contributed by atoms with Gasteiger partial charge in [0.15, 0.2) is 0 Å². The molecule has 2 aromatic heterocycles. The van der Waals surface area contributed by atoms with E-state index in [0.29, 0.717) is 5.82 Å². The van der Waals surface area contributed by atoms with Gasteiger partial charge in [-0.2, -0.15) is 0 Å². The summed E-state index contributed by atoms with van der Waals surface area (Å²) in [6.45, 7) is 2.58. The van der Waals surface area contributed by atoms with Crippen LogP contribution in [0.4, 0.5) is 5.82 Å². The quantitative estimate of drug-likeness (QED) is 0.722. The predicted molar refractivity (Wildman–Crippen MR) is 113 cm³/mol. The first-order valence-corrected chi connectivity index (χ1v) is 10.4. The smallest absolute Gasteiger partial charge is 0.329 e. The summed E-state index contributed by atoms with van der Waals surface area (Å²) < 4.78 is 9.80. The number of piperidine rings is 1. The summed E-state index contributed by atoms with van der Waals surface area (Å²) in [5.74, 6) is 2.37. The van der Waals surface area contributed by atoms with Crippen molar-refractivity contribution in [2.75, 3.05) is 18.0 Å². The van der Waals surface area contributed by atoms with Gasteiger partial charge in [-0.15, -0.1) is 0 Å². The molecule has 1 aromatic carbocycles. The second-order valence-corrected chi connectivity index (χ2v) is 8.26. The van der Waals surface area contributed by atoms with Gasteiger partial charge in [-0.25, -0.2) is 4.79 Å². The van der Waals surface area contributed by atoms with Gasteiger partial charge in [0.25, 0.3) is 5.56 Å². The van der Waals surface area contributed by atoms with Crippen LogP contribution in [0.25, 0.3) is 10.9 Å². The SMILES string of the molecule is Cn1c(=O)cc(N2CCC(Oc3cccc4c3ccn4CC3CC3)CC2)[nH]c1=O. The number of aromatic amines is 1. The lowest BCUT2D eigenvalue weighted by Crippen LogP contribution is -2.41. The lowest BCUT2D eigenvalue weighted by atomic mass is 10.1. The molecule has 0 atom stereocenters. The number of ether oxygens (including phenoxy) is 1. The van der Waals surface area contributed by atoms with Crippen molar-refractivity contribution in [3.05, 3.63) is 57.4 Å². The molecule has 1 saturated heterocycles. The fourth-order valence-electron chi connectivity index (χ4n) is 4.14. The van der Waals surface area contributed by atoms with E-state index in [2.05, 4.69) is 44.9 Å². The molecule has 0 radical (unpaired) electrons. The van der Waals surface area contributed by atoms with E-state index in [0.717, 1.165) is 48.7 Å². The molecule has 1 saturated carbocycles. The number of nitrogens with zero attached hydrogens (tertiary/aromatic N) is 3. The van der Waals surface area contributed by atoms with Crippen LogP contribution in [0.15, 0.2) is 46.1 Å². The average molecular weight is 394 g/mol. The average Bonchev–Trinajstić information content (AvgIpc) is 3.45. The Morgan fingerprint density at radius 3 is 2.62 bits per heavy atom. The van der Waals surface area contributed by atoms with Crippen molar-refractivity contribution in [2.45, 2.75) is 38.3 Å². The highest BCUT2D eigenvalue weighted by Crippen LogP contribution is 2.34. The van der Waals surface area contributed by atoms with Gasteiger partial charge in [0, 0.05) is 57.2 Å². The van der Waals surface area contributed by atoms with Crippen molar-refractivity contribution in [3.8, 4) is 5.75 Å². The number of aromatic nitrogens is 3. The normalized spacial score (nSPS) is 17.8. The predicted octanol–water partition coefficient (Wildman–Crippen LogP) is 2.49. The van der Waals surface area contributed by atoms with Crippen molar-refractivity contribution >= 4 is 16.7 Å². The van der Waals surface area contributed by atoms with Crippen molar-refractivity contribution in [3.63, 3.8) is 0 Å². The zero-order valence-corrected chi connectivity index (χ0v) is 16.6. The molecule has 0 bridgehead atoms. The van der Waals surface area contributed by atoms with Gasteiger partial charge in [0.1, 0.15) is 17.7 Å². The van der Waals surface area contributed by atoms with Crippen LogP contribution in [0, 0.1) is 5.92 Å². The van der Waals surface area contributed by atoms with E-state index >= 15 is 0 Å². The Hall–Kier alpha value is -2.96. The van der Waals surface area contributed by atoms with Gasteiger partial charge >= 0.3 is 5.69 Å². The molecule has 7 heteroatoms. The molecule has 0 amide bonds. The number of fused-ring (bicyclic) bond motifs is 1. The highest BCUT2D eigenvalue weighted by atomic mass is 16.5. The van der Waals surface area contributed by atoms with Gasteiger partial charge in [-0.1, -0.05) is 6.07 Å². The van der Waals surface area contributed by atoms with E-state index in [1.807, 2.05) is 0 Å². The van der Waals surface area contributed by atoms with Crippen LogP contribution in [0.3, 0.4) is 0 Å². The summed E-state index contributed by atoms with van der Waals surface area (Å²) in [5.41, 5.74) is 0.572. The second kappa shape index (κ2) is 7.13. The van der Waals surface area contributed by atoms with E-state index in [1.165, 1.54) is 36.9 Å². The third-order valence-corrected chi connectivity index (χ3v) is 6.13. The molecule has 1 N–H and O–H groups in total. The number of hydrogen-bond donors (Lipinski definition) is 1. The number of H-pyrrole nitrogens is 1. The zero-order valence-electron chi connectivity index (χ0n) is 16.6. The minimum Gasteiger partial charge on any atom is -0.490 e. The second-order valence-electron chi connectivity index (χ2n) is 8.26. The molecular weight excluding hydrogens is 368 g/mol. The minimum atomic E-state index is -0.381. The third-order valence-electron chi connectivity index (χ3n) is 6.13. The highest BCUT2D eigenvalue weighted by molar-refractivity contribution is 5.86. The van der Waals surface area contributed by atoms with Gasteiger partial charge in [-0.05, 0) is 37.0 Å². The van der Waals surface area contributed by atoms with Crippen LogP contribution in [0.1, 0.15) is 25.7 Å². The lowest BCUT2D eigenvalue weighted by molar-refractivity contribution is 0.173. The summed E-state index contributed by atoms with van der Waals surface area (Å²) in [5, 5.41) is 1.17. The molecule has 1 aliphatic heterocycles. The van der Waals surface area contributed by atoms with E-state index < -0.39 is 0 Å². The largest absolute Gasteiger partial charge is 0.490 e. The fraction of sp³-hybridized carbons (Fsp3) is 0.455. The maximum absolute atomic E-state index is 11.9. The summed E-state index contributed by atoms with van der Waals surface area (Å²) in [4.78, 5) is 28.6. The van der Waals surface area contributed by atoms with Crippen LogP contribution in [-0.4, -0.2) is 33.3 Å². The van der Waals surface area contributed by atoms with E-state index in [-0.39, 0.29) is 17.4 Å². The van der Waals surface area contributed by atoms with Crippen LogP contribution in [-0.2, 0) is 13.6 Å². The van der Waals surface area contributed by atoms with Crippen LogP contribution >= 0.6 is 0 Å². The Bertz CT molecular complexity index is 1120. The van der Waals surface area contributed by atoms with Crippen LogP contribution < -0.4 is 20.9 Å². The summed E-state index contributed by atoms with van der Waals surface area (Å²) >= 11 is 0. The summed E-state index contributed by atoms with van der Waals surface area (Å²) in [7, 11) is 1.48. The van der Waals surface area contributed by atoms with E-state index in [1.54, 1.807) is 0 Å². The molecule has 152 valence electrons. The van der Waals surface area contributed by atoms with Crippen molar-refractivity contribution in [1.29, 1.82) is 0 Å². The molecule has 2 fully saturated rings. The zero-order chi connectivity index (χ0) is 20.0. The maximum Gasteiger partial charge on any atom is 0.329 e. The van der Waals surface area contributed by atoms with Crippen molar-refractivity contribution < 1.29 is 4.74 Å². The number of hydrogen-bond acceptors (Lipinski definition) is 4. The van der Waals surface area contributed by atoms with Crippen LogP contribution in [0.2, 0.25) is 0 Å². The monoisotopic (exact) mass is 394 g/mol. The Balaban J connectivity index is 1.28. The maximum atomic E-state index is 11.9. The lowest BCUT2D eigenvalue weighted by Gasteiger charge is -2.33. The molecule has 0 spiro atoms. The van der Waals surface area contributed by atoms with Gasteiger partial charge < -0.3 is 14.2 Å². The van der Waals surface area contributed by atoms with Crippen molar-refractivity contribution in [1.82, 2.24) is 14.1 Å². The highest BCUT2D eigenvalue weighted by Gasteiger charge is 2.24. The molecule has 3 heterocycles. The van der Waals surface area contributed by atoms with Gasteiger partial charge in [-0.3, -0.25) is 14.3 Å². The molecule has 29 heavy (non-hydrogen) atoms. The fourth-order valence-corrected chi connectivity index (χ4v) is 4.14. The Labute approximate surface area is 168 Å². The molecule has 5 rings (SSSR count). The van der Waals surface area contributed by atoms with Gasteiger partial charge in [0.2, 0.25) is 0 Å². The first-order valence-electron chi connectivity index (χ1n) is 10.4. The summed E-state index contributed by atoms with van der Waals surface area (Å²) in [6.07, 6.45) is 6.67. The number of rotatable bonds is 5. The Morgan fingerprint density at radius 2 is 1.90 bits per heavy atom. The first-order chi connectivity index (χ1) is 14.1. The molecule has 2 aliphatic rings. The molecule has 1 aliphatic carbocycles. The van der Waals surface area contributed by atoms with Gasteiger partial charge in [0.05, 0.1) is 5.52 Å². The summed E-state index contributed by atoms with van der Waals surface area (Å²) in [6, 6.07) is 9.94. The Morgan fingerprint density at radius 1 is 1.10 bits per heavy atom. The number of nitrogens with one attached hydrogen (secondary N) is 1. The van der Waals surface area contributed by atoms with E-state index in [9.17, 15) is 9.59 Å². The number of anilines is 1. The topological polar surface area (TPSA) is 72.3 Å². The number of benzene rings is 1. The third kappa shape index (κ3) is 3.57. The van der Waals surface area contributed by atoms with Crippen LogP contribution in [0.5, 0.6) is 5.75 Å². The molecule has 3 aromatic rings. The molecule has 0 unspecified atom stereocenters. The molecule has 7 nitrogen and oxygen atoms in total. The minimum absolute atomic E-state index is 0.127. The van der Waals surface area contributed by atoms with E-state index in [4.69, 9.17) is 4.74 Å². The molecular formula is C22H26N4O3. The first kappa shape index (κ1) is 18.1. The van der Waals surface area contributed by atoms with Crippen molar-refractivity contribution in [2.24, 2.45) is 13.0 Å².